The van der Waals surface area contributed by atoms with Crippen LogP contribution >= 0.6 is 0 Å². The first-order chi connectivity index (χ1) is 12.7. The highest BCUT2D eigenvalue weighted by molar-refractivity contribution is 6.08. The van der Waals surface area contributed by atoms with Crippen molar-refractivity contribution in [2.75, 3.05) is 19.7 Å². The van der Waals surface area contributed by atoms with Crippen LogP contribution in [0.3, 0.4) is 0 Å². The number of amides is 1. The van der Waals surface area contributed by atoms with Crippen molar-refractivity contribution in [1.29, 1.82) is 10.8 Å². The van der Waals surface area contributed by atoms with Crippen molar-refractivity contribution < 1.29 is 9.53 Å². The highest BCUT2D eigenvalue weighted by Crippen LogP contribution is 2.21. The Morgan fingerprint density at radius 2 is 2.23 bits per heavy atom. The summed E-state index contributed by atoms with van der Waals surface area (Å²) in [6, 6.07) is 5.92. The average Bonchev–Trinajstić information content (AvgIpc) is 3.13. The number of nitrogens with zero attached hydrogens (tertiary/aromatic N) is 2. The molecule has 26 heavy (non-hydrogen) atoms. The summed E-state index contributed by atoms with van der Waals surface area (Å²) in [5.41, 5.74) is 4.88. The molecule has 1 aromatic rings. The van der Waals surface area contributed by atoms with Crippen LogP contribution in [0.25, 0.3) is 0 Å². The number of hydrazone groups is 1. The Bertz CT molecular complexity index is 716. The molecule has 2 aliphatic heterocycles. The third-order valence-electron chi connectivity index (χ3n) is 4.86. The average molecular weight is 355 g/mol. The van der Waals surface area contributed by atoms with Gasteiger partial charge in [0.1, 0.15) is 5.75 Å². The second-order valence-corrected chi connectivity index (χ2v) is 6.60. The van der Waals surface area contributed by atoms with Gasteiger partial charge >= 0.3 is 0 Å². The van der Waals surface area contributed by atoms with Gasteiger partial charge in [0.25, 0.3) is 0 Å². The van der Waals surface area contributed by atoms with Crippen molar-refractivity contribution >= 4 is 24.0 Å². The van der Waals surface area contributed by atoms with Crippen LogP contribution in [-0.2, 0) is 4.79 Å². The molecular formula is C19H25N5O2. The first kappa shape index (κ1) is 18.3. The van der Waals surface area contributed by atoms with Crippen molar-refractivity contribution in [2.45, 2.75) is 38.1 Å². The normalized spacial score (nSPS) is 20.4. The van der Waals surface area contributed by atoms with Crippen LogP contribution in [0.4, 0.5) is 0 Å². The Morgan fingerprint density at radius 3 is 2.96 bits per heavy atom. The molecule has 3 N–H and O–H groups in total. The van der Waals surface area contributed by atoms with Crippen molar-refractivity contribution in [3.63, 3.8) is 0 Å². The number of carbonyl (C=O) groups is 1. The summed E-state index contributed by atoms with van der Waals surface area (Å²) in [6.45, 7) is 2.60. The van der Waals surface area contributed by atoms with Crippen LogP contribution in [0.15, 0.2) is 23.3 Å². The Hall–Kier alpha value is -2.54. The number of ether oxygens (including phenoxy) is 1. The lowest BCUT2D eigenvalue weighted by Crippen LogP contribution is -2.31. The van der Waals surface area contributed by atoms with E-state index in [0.717, 1.165) is 54.9 Å². The third kappa shape index (κ3) is 4.35. The molecule has 0 saturated carbocycles. The lowest BCUT2D eigenvalue weighted by molar-refractivity contribution is -0.121. The van der Waals surface area contributed by atoms with Crippen LogP contribution in [0, 0.1) is 10.8 Å². The van der Waals surface area contributed by atoms with E-state index in [1.807, 2.05) is 18.2 Å². The summed E-state index contributed by atoms with van der Waals surface area (Å²) in [5, 5.41) is 19.2. The minimum absolute atomic E-state index is 0.0756. The number of hydrogen-bond donors (Lipinski definition) is 3. The maximum Gasteiger partial charge on any atom is 0.240 e. The zero-order valence-electron chi connectivity index (χ0n) is 14.8. The van der Waals surface area contributed by atoms with E-state index >= 15 is 0 Å². The maximum atomic E-state index is 11.2. The molecule has 0 bridgehead atoms. The second-order valence-electron chi connectivity index (χ2n) is 6.60. The molecule has 0 spiro atoms. The summed E-state index contributed by atoms with van der Waals surface area (Å²) in [4.78, 5) is 13.6. The van der Waals surface area contributed by atoms with Crippen molar-refractivity contribution in [3.8, 4) is 5.75 Å². The minimum atomic E-state index is -0.0756. The molecule has 1 saturated heterocycles. The van der Waals surface area contributed by atoms with E-state index in [9.17, 15) is 4.79 Å². The van der Waals surface area contributed by atoms with E-state index in [1.54, 1.807) is 6.21 Å². The van der Waals surface area contributed by atoms with Crippen LogP contribution in [0.5, 0.6) is 5.75 Å². The molecule has 1 aromatic carbocycles. The number of benzene rings is 1. The number of carbonyl (C=O) groups excluding carboxylic acids is 1. The molecular weight excluding hydrogens is 330 g/mol. The van der Waals surface area contributed by atoms with Gasteiger partial charge in [-0.25, -0.2) is 5.43 Å². The summed E-state index contributed by atoms with van der Waals surface area (Å²) >= 11 is 0. The van der Waals surface area contributed by atoms with E-state index < -0.39 is 0 Å². The second kappa shape index (κ2) is 8.71. The molecule has 0 aromatic heterocycles. The van der Waals surface area contributed by atoms with Gasteiger partial charge < -0.3 is 15.6 Å². The standard InChI is InChI=1S/C19H25N5O2/c20-12-14-11-16(4-5-17(14)18-6-7-19(25)23-22-18)26-10-2-9-24-8-1-3-15(24)13-21/h4-5,11-13,15,20-21H,1-3,6-10H2,(H,23,25)/t15-/m0/s1. The molecule has 2 aliphatic rings. The minimum Gasteiger partial charge on any atom is -0.494 e. The number of likely N-dealkylation sites (tertiary alicyclic amines) is 1. The summed E-state index contributed by atoms with van der Waals surface area (Å²) in [7, 11) is 0. The molecule has 7 heteroatoms. The zero-order chi connectivity index (χ0) is 18.4. The molecule has 3 rings (SSSR count). The molecule has 7 nitrogen and oxygen atoms in total. The van der Waals surface area contributed by atoms with Crippen LogP contribution < -0.4 is 10.2 Å². The van der Waals surface area contributed by atoms with Crippen LogP contribution in [-0.4, -0.2) is 54.7 Å². The first-order valence-electron chi connectivity index (χ1n) is 9.09. The molecule has 1 amide bonds. The van der Waals surface area contributed by atoms with Crippen LogP contribution in [0.1, 0.15) is 43.2 Å². The number of rotatable bonds is 8. The van der Waals surface area contributed by atoms with Gasteiger partial charge in [0.05, 0.1) is 12.3 Å². The topological polar surface area (TPSA) is 102 Å². The fourth-order valence-corrected chi connectivity index (χ4v) is 3.46. The van der Waals surface area contributed by atoms with Gasteiger partial charge in [0.15, 0.2) is 0 Å². The van der Waals surface area contributed by atoms with E-state index in [0.29, 0.717) is 19.4 Å². The van der Waals surface area contributed by atoms with Gasteiger partial charge in [-0.05, 0) is 44.0 Å². The fraction of sp³-hybridized carbons (Fsp3) is 0.474. The van der Waals surface area contributed by atoms with Gasteiger partial charge in [-0.3, -0.25) is 9.69 Å². The number of nitrogens with one attached hydrogen (secondary N) is 3. The van der Waals surface area contributed by atoms with Gasteiger partial charge in [-0.15, -0.1) is 0 Å². The van der Waals surface area contributed by atoms with Gasteiger partial charge in [0.2, 0.25) is 5.91 Å². The third-order valence-corrected chi connectivity index (χ3v) is 4.86. The van der Waals surface area contributed by atoms with Gasteiger partial charge in [-0.2, -0.15) is 5.10 Å². The van der Waals surface area contributed by atoms with Gasteiger partial charge in [0, 0.05) is 49.0 Å². The molecule has 138 valence electrons. The van der Waals surface area contributed by atoms with E-state index in [1.165, 1.54) is 6.21 Å². The Balaban J connectivity index is 1.55. The highest BCUT2D eigenvalue weighted by Gasteiger charge is 2.21. The molecule has 1 atom stereocenters. The predicted molar refractivity (Wildman–Crippen MR) is 102 cm³/mol. The maximum absolute atomic E-state index is 11.2. The summed E-state index contributed by atoms with van der Waals surface area (Å²) in [6.07, 6.45) is 6.98. The van der Waals surface area contributed by atoms with E-state index in [-0.39, 0.29) is 11.9 Å². The Morgan fingerprint density at radius 1 is 1.35 bits per heavy atom. The van der Waals surface area contributed by atoms with Crippen molar-refractivity contribution in [2.24, 2.45) is 5.10 Å². The summed E-state index contributed by atoms with van der Waals surface area (Å²) < 4.78 is 5.84. The SMILES string of the molecule is N=Cc1cc(OCCCN2CCC[C@H]2C=N)ccc1C1=NNC(=O)CC1. The lowest BCUT2D eigenvalue weighted by Gasteiger charge is -2.20. The quantitative estimate of drug-likeness (QED) is 0.492. The first-order valence-corrected chi connectivity index (χ1v) is 9.09. The molecule has 2 heterocycles. The molecule has 0 aliphatic carbocycles. The Labute approximate surface area is 153 Å². The smallest absolute Gasteiger partial charge is 0.240 e. The number of hydrogen-bond acceptors (Lipinski definition) is 6. The zero-order valence-corrected chi connectivity index (χ0v) is 14.8. The van der Waals surface area contributed by atoms with Gasteiger partial charge in [-0.1, -0.05) is 0 Å². The Kier molecular flexibility index (Phi) is 6.12. The molecule has 1 fully saturated rings. The fourth-order valence-electron chi connectivity index (χ4n) is 3.46. The monoisotopic (exact) mass is 355 g/mol. The molecule has 0 radical (unpaired) electrons. The lowest BCUT2D eigenvalue weighted by atomic mass is 9.99. The van der Waals surface area contributed by atoms with E-state index in [4.69, 9.17) is 15.6 Å². The van der Waals surface area contributed by atoms with Crippen molar-refractivity contribution in [3.05, 3.63) is 29.3 Å². The van der Waals surface area contributed by atoms with Crippen molar-refractivity contribution in [1.82, 2.24) is 10.3 Å². The molecule has 0 unspecified atom stereocenters. The predicted octanol–water partition coefficient (Wildman–Crippen LogP) is 2.18. The summed E-state index contributed by atoms with van der Waals surface area (Å²) in [5.74, 6) is 0.658. The highest BCUT2D eigenvalue weighted by atomic mass is 16.5. The largest absolute Gasteiger partial charge is 0.494 e. The van der Waals surface area contributed by atoms with E-state index in [2.05, 4.69) is 15.4 Å². The van der Waals surface area contributed by atoms with Crippen LogP contribution in [0.2, 0.25) is 0 Å².